The van der Waals surface area contributed by atoms with Crippen molar-refractivity contribution in [2.24, 2.45) is 11.7 Å². The summed E-state index contributed by atoms with van der Waals surface area (Å²) in [5.41, 5.74) is 7.68. The van der Waals surface area contributed by atoms with Crippen LogP contribution in [0.4, 0.5) is 0 Å². The molecule has 0 saturated heterocycles. The second kappa shape index (κ2) is 11.4. The van der Waals surface area contributed by atoms with E-state index in [0.29, 0.717) is 18.0 Å². The van der Waals surface area contributed by atoms with Crippen LogP contribution in [0.1, 0.15) is 41.6 Å². The standard InChI is InChI=1S/C17H23N5OS.2ClH/c18-9-14-3-1-2-4-15(14)21-16(23)13-7-5-12(6-8-13)10-24-17-19-11-20-22-17;;/h5-8,11,14-15H,1-4,9-10,18H2,(H,21,23)(H,19,20,22);2*1H. The number of aromatic amines is 1. The number of rotatable bonds is 6. The second-order valence-corrected chi connectivity index (χ2v) is 7.10. The van der Waals surface area contributed by atoms with Gasteiger partial charge in [0, 0.05) is 17.4 Å². The largest absolute Gasteiger partial charge is 0.349 e. The monoisotopic (exact) mass is 417 g/mol. The second-order valence-electron chi connectivity index (χ2n) is 6.14. The van der Waals surface area contributed by atoms with E-state index in [0.717, 1.165) is 29.3 Å². The maximum atomic E-state index is 12.4. The highest BCUT2D eigenvalue weighted by molar-refractivity contribution is 7.98. The van der Waals surface area contributed by atoms with Crippen molar-refractivity contribution in [2.75, 3.05) is 6.54 Å². The Hall–Kier alpha value is -1.28. The Bertz CT molecular complexity index is 654. The molecule has 144 valence electrons. The Morgan fingerprint density at radius 2 is 1.96 bits per heavy atom. The van der Waals surface area contributed by atoms with Gasteiger partial charge in [-0.15, -0.1) is 24.8 Å². The fourth-order valence-electron chi connectivity index (χ4n) is 3.10. The number of benzene rings is 1. The van der Waals surface area contributed by atoms with E-state index in [1.54, 1.807) is 11.8 Å². The van der Waals surface area contributed by atoms with Gasteiger partial charge in [-0.3, -0.25) is 9.89 Å². The predicted molar refractivity (Wildman–Crippen MR) is 109 cm³/mol. The van der Waals surface area contributed by atoms with Crippen molar-refractivity contribution < 1.29 is 4.79 Å². The van der Waals surface area contributed by atoms with Crippen LogP contribution in [0.2, 0.25) is 0 Å². The van der Waals surface area contributed by atoms with Crippen molar-refractivity contribution in [3.05, 3.63) is 41.7 Å². The lowest BCUT2D eigenvalue weighted by Crippen LogP contribution is -2.44. The molecule has 0 spiro atoms. The molecule has 9 heteroatoms. The number of hydrogen-bond acceptors (Lipinski definition) is 5. The van der Waals surface area contributed by atoms with Crippen molar-refractivity contribution in [3.63, 3.8) is 0 Å². The van der Waals surface area contributed by atoms with Gasteiger partial charge in [0.05, 0.1) is 0 Å². The van der Waals surface area contributed by atoms with Gasteiger partial charge >= 0.3 is 0 Å². The van der Waals surface area contributed by atoms with E-state index in [-0.39, 0.29) is 36.8 Å². The number of amides is 1. The highest BCUT2D eigenvalue weighted by Crippen LogP contribution is 2.24. The minimum atomic E-state index is -0.00483. The van der Waals surface area contributed by atoms with E-state index >= 15 is 0 Å². The molecule has 1 aliphatic rings. The van der Waals surface area contributed by atoms with Crippen LogP contribution in [0.5, 0.6) is 0 Å². The van der Waals surface area contributed by atoms with Gasteiger partial charge in [0.1, 0.15) is 6.33 Å². The molecule has 1 aliphatic carbocycles. The molecule has 2 aromatic rings. The SMILES string of the molecule is Cl.Cl.NCC1CCCCC1NC(=O)c1ccc(CSc2ncn[nH]2)cc1. The predicted octanol–water partition coefficient (Wildman–Crippen LogP) is 3.19. The third-order valence-corrected chi connectivity index (χ3v) is 5.46. The lowest BCUT2D eigenvalue weighted by atomic mass is 9.84. The first-order chi connectivity index (χ1) is 11.8. The van der Waals surface area contributed by atoms with Crippen LogP contribution >= 0.6 is 36.6 Å². The third-order valence-electron chi connectivity index (χ3n) is 4.51. The Balaban J connectivity index is 0.00000169. The summed E-state index contributed by atoms with van der Waals surface area (Å²) in [6.07, 6.45) is 6.01. The van der Waals surface area contributed by atoms with Crippen molar-refractivity contribution >= 4 is 42.5 Å². The summed E-state index contributed by atoms with van der Waals surface area (Å²) < 4.78 is 0. The first kappa shape index (κ1) is 22.8. The number of aromatic nitrogens is 3. The van der Waals surface area contributed by atoms with E-state index < -0.39 is 0 Å². The van der Waals surface area contributed by atoms with E-state index in [1.165, 1.54) is 19.2 Å². The topological polar surface area (TPSA) is 96.7 Å². The molecule has 0 radical (unpaired) electrons. The summed E-state index contributed by atoms with van der Waals surface area (Å²) >= 11 is 1.58. The first-order valence-electron chi connectivity index (χ1n) is 8.34. The number of H-pyrrole nitrogens is 1. The molecule has 6 nitrogen and oxygen atoms in total. The Morgan fingerprint density at radius 1 is 1.23 bits per heavy atom. The van der Waals surface area contributed by atoms with E-state index in [1.807, 2.05) is 24.3 Å². The molecule has 1 aromatic carbocycles. The Kier molecular flexibility index (Phi) is 10.0. The fourth-order valence-corrected chi connectivity index (χ4v) is 3.83. The number of nitrogens with zero attached hydrogens (tertiary/aromatic N) is 2. The lowest BCUT2D eigenvalue weighted by Gasteiger charge is -2.31. The van der Waals surface area contributed by atoms with Crippen LogP contribution < -0.4 is 11.1 Å². The van der Waals surface area contributed by atoms with E-state index in [9.17, 15) is 4.79 Å². The highest BCUT2D eigenvalue weighted by atomic mass is 35.5. The summed E-state index contributed by atoms with van der Waals surface area (Å²) in [6.45, 7) is 0.642. The third kappa shape index (κ3) is 6.16. The number of halogens is 2. The molecule has 1 heterocycles. The summed E-state index contributed by atoms with van der Waals surface area (Å²) in [6, 6.07) is 7.94. The van der Waals surface area contributed by atoms with Crippen LogP contribution in [0.25, 0.3) is 0 Å². The van der Waals surface area contributed by atoms with Crippen LogP contribution in [0.3, 0.4) is 0 Å². The van der Waals surface area contributed by atoms with Crippen LogP contribution in [0, 0.1) is 5.92 Å². The minimum Gasteiger partial charge on any atom is -0.349 e. The van der Waals surface area contributed by atoms with Crippen LogP contribution in [0.15, 0.2) is 35.7 Å². The van der Waals surface area contributed by atoms with Gasteiger partial charge in [-0.2, -0.15) is 5.10 Å². The average molecular weight is 418 g/mol. The molecule has 2 atom stereocenters. The zero-order chi connectivity index (χ0) is 16.8. The van der Waals surface area contributed by atoms with Crippen molar-refractivity contribution in [1.82, 2.24) is 20.5 Å². The molecule has 1 amide bonds. The zero-order valence-corrected chi connectivity index (χ0v) is 16.8. The van der Waals surface area contributed by atoms with E-state index in [2.05, 4.69) is 20.5 Å². The van der Waals surface area contributed by atoms with Crippen LogP contribution in [-0.4, -0.2) is 33.7 Å². The number of hydrogen-bond donors (Lipinski definition) is 3. The van der Waals surface area contributed by atoms with Gasteiger partial charge in [-0.1, -0.05) is 36.7 Å². The molecule has 3 rings (SSSR count). The summed E-state index contributed by atoms with van der Waals surface area (Å²) in [5, 5.41) is 10.6. The quantitative estimate of drug-likeness (QED) is 0.626. The fraction of sp³-hybridized carbons (Fsp3) is 0.471. The summed E-state index contributed by atoms with van der Waals surface area (Å²) in [5.74, 6) is 1.18. The van der Waals surface area contributed by atoms with Crippen molar-refractivity contribution in [1.29, 1.82) is 0 Å². The Labute approximate surface area is 170 Å². The Morgan fingerprint density at radius 3 is 2.62 bits per heavy atom. The maximum absolute atomic E-state index is 12.4. The number of nitrogens with two attached hydrogens (primary N) is 1. The molecular formula is C17H25Cl2N5OS. The number of carbonyl (C=O) groups excluding carboxylic acids is 1. The minimum absolute atomic E-state index is 0. The first-order valence-corrected chi connectivity index (χ1v) is 9.33. The molecule has 26 heavy (non-hydrogen) atoms. The lowest BCUT2D eigenvalue weighted by molar-refractivity contribution is 0.0908. The van der Waals surface area contributed by atoms with Crippen molar-refractivity contribution in [2.45, 2.75) is 42.6 Å². The molecule has 1 aromatic heterocycles. The molecule has 2 unspecified atom stereocenters. The number of thioether (sulfide) groups is 1. The van der Waals surface area contributed by atoms with Crippen molar-refractivity contribution in [3.8, 4) is 0 Å². The summed E-state index contributed by atoms with van der Waals surface area (Å²) in [4.78, 5) is 16.5. The van der Waals surface area contributed by atoms with E-state index in [4.69, 9.17) is 5.73 Å². The molecule has 4 N–H and O–H groups in total. The molecular weight excluding hydrogens is 393 g/mol. The molecule has 1 fully saturated rings. The van der Waals surface area contributed by atoms with Gasteiger partial charge in [0.15, 0.2) is 5.16 Å². The molecule has 1 saturated carbocycles. The zero-order valence-electron chi connectivity index (χ0n) is 14.4. The van der Waals surface area contributed by atoms with Gasteiger partial charge in [-0.25, -0.2) is 4.98 Å². The average Bonchev–Trinajstić information content (AvgIpc) is 3.14. The normalized spacial score (nSPS) is 19.1. The van der Waals surface area contributed by atoms with Gasteiger partial charge < -0.3 is 11.1 Å². The number of carbonyl (C=O) groups is 1. The molecule has 0 aliphatic heterocycles. The summed E-state index contributed by atoms with van der Waals surface area (Å²) in [7, 11) is 0. The number of nitrogens with one attached hydrogen (secondary N) is 2. The van der Waals surface area contributed by atoms with Crippen LogP contribution in [-0.2, 0) is 5.75 Å². The maximum Gasteiger partial charge on any atom is 0.251 e. The smallest absolute Gasteiger partial charge is 0.251 e. The van der Waals surface area contributed by atoms with Gasteiger partial charge in [-0.05, 0) is 43.0 Å². The van der Waals surface area contributed by atoms with Gasteiger partial charge in [0.25, 0.3) is 5.91 Å². The van der Waals surface area contributed by atoms with Gasteiger partial charge in [0.2, 0.25) is 0 Å². The highest BCUT2D eigenvalue weighted by Gasteiger charge is 2.25. The molecule has 0 bridgehead atoms.